The van der Waals surface area contributed by atoms with E-state index in [0.717, 1.165) is 9.87 Å². The third kappa shape index (κ3) is 9.06. The fourth-order valence-corrected chi connectivity index (χ4v) is 6.65. The van der Waals surface area contributed by atoms with Crippen molar-refractivity contribution < 1.29 is 22.4 Å². The van der Waals surface area contributed by atoms with Gasteiger partial charge in [-0.15, -0.1) is 0 Å². The summed E-state index contributed by atoms with van der Waals surface area (Å²) < 4.78 is 42.8. The van der Waals surface area contributed by atoms with E-state index in [1.54, 1.807) is 18.2 Å². The average Bonchev–Trinajstić information content (AvgIpc) is 3.02. The van der Waals surface area contributed by atoms with Crippen LogP contribution in [0.15, 0.2) is 108 Å². The van der Waals surface area contributed by atoms with Crippen molar-refractivity contribution in [1.29, 1.82) is 0 Å². The number of rotatable bonds is 13. The molecule has 2 amide bonds. The first kappa shape index (κ1) is 34.0. The fraction of sp³-hybridized carbons (Fsp3) is 0.235. The van der Waals surface area contributed by atoms with Crippen molar-refractivity contribution in [3.63, 3.8) is 0 Å². The molecule has 1 N–H and O–H groups in total. The first-order valence-electron chi connectivity index (χ1n) is 14.4. The van der Waals surface area contributed by atoms with Gasteiger partial charge < -0.3 is 10.2 Å². The molecule has 45 heavy (non-hydrogen) atoms. The van der Waals surface area contributed by atoms with Gasteiger partial charge in [0.1, 0.15) is 18.4 Å². The number of hydrogen-bond donors (Lipinski definition) is 1. The highest BCUT2D eigenvalue weighted by Crippen LogP contribution is 2.30. The maximum absolute atomic E-state index is 14.4. The Balaban J connectivity index is 1.82. The van der Waals surface area contributed by atoms with E-state index in [-0.39, 0.29) is 39.6 Å². The number of nitrogens with one attached hydrogen (secondary N) is 1. The molecule has 0 aliphatic heterocycles. The van der Waals surface area contributed by atoms with E-state index in [4.69, 9.17) is 23.2 Å². The van der Waals surface area contributed by atoms with Crippen molar-refractivity contribution in [2.24, 2.45) is 0 Å². The van der Waals surface area contributed by atoms with E-state index < -0.39 is 40.2 Å². The van der Waals surface area contributed by atoms with Crippen LogP contribution >= 0.6 is 23.2 Å². The van der Waals surface area contributed by atoms with Crippen LogP contribution in [0.4, 0.5) is 10.1 Å². The molecule has 0 saturated heterocycles. The minimum atomic E-state index is -4.30. The van der Waals surface area contributed by atoms with Gasteiger partial charge in [-0.25, -0.2) is 12.8 Å². The first-order valence-corrected chi connectivity index (χ1v) is 16.6. The second kappa shape index (κ2) is 15.4. The summed E-state index contributed by atoms with van der Waals surface area (Å²) in [4.78, 5) is 29.6. The molecule has 11 heteroatoms. The van der Waals surface area contributed by atoms with Crippen LogP contribution in [0.2, 0.25) is 10.0 Å². The predicted molar refractivity (Wildman–Crippen MR) is 176 cm³/mol. The van der Waals surface area contributed by atoms with Crippen LogP contribution in [0.3, 0.4) is 0 Å². The Labute approximate surface area is 273 Å². The first-order chi connectivity index (χ1) is 21.5. The molecule has 0 heterocycles. The molecule has 0 bridgehead atoms. The summed E-state index contributed by atoms with van der Waals surface area (Å²) in [6, 6.07) is 25.6. The van der Waals surface area contributed by atoms with Gasteiger partial charge >= 0.3 is 0 Å². The predicted octanol–water partition coefficient (Wildman–Crippen LogP) is 6.88. The lowest BCUT2D eigenvalue weighted by Crippen LogP contribution is -2.54. The molecule has 7 nitrogen and oxygen atoms in total. The van der Waals surface area contributed by atoms with Gasteiger partial charge in [0.2, 0.25) is 11.8 Å². The highest BCUT2D eigenvalue weighted by Gasteiger charge is 2.35. The molecule has 0 aliphatic carbocycles. The minimum Gasteiger partial charge on any atom is -0.352 e. The molecule has 2 atom stereocenters. The molecule has 4 rings (SSSR count). The smallest absolute Gasteiger partial charge is 0.264 e. The Morgan fingerprint density at radius 2 is 1.42 bits per heavy atom. The third-order valence-corrected chi connectivity index (χ3v) is 9.51. The second-order valence-electron chi connectivity index (χ2n) is 10.6. The van der Waals surface area contributed by atoms with Gasteiger partial charge in [-0.2, -0.15) is 0 Å². The number of benzene rings is 4. The van der Waals surface area contributed by atoms with Crippen molar-refractivity contribution in [1.82, 2.24) is 10.2 Å². The van der Waals surface area contributed by atoms with Crippen LogP contribution in [0, 0.1) is 5.82 Å². The SMILES string of the molecule is CC[C@H](C)NC(=O)[C@@H](Cc1ccccc1)N(Cc1ccc(F)cc1)C(=O)CN(c1cc(Cl)cc(Cl)c1)S(=O)(=O)c1ccccc1. The van der Waals surface area contributed by atoms with E-state index in [0.29, 0.717) is 12.0 Å². The number of nitrogens with zero attached hydrogens (tertiary/aromatic N) is 2. The molecular weight excluding hydrogens is 636 g/mol. The third-order valence-electron chi connectivity index (χ3n) is 7.28. The van der Waals surface area contributed by atoms with Crippen LogP contribution in [0.1, 0.15) is 31.4 Å². The standard InChI is InChI=1S/C34H34Cl2FN3O4S/c1-3-24(2)38-34(42)32(18-25-10-6-4-7-11-25)39(22-26-14-16-29(37)17-15-26)33(41)23-40(30-20-27(35)19-28(36)21-30)45(43,44)31-12-8-5-9-13-31/h4-17,19-21,24,32H,3,18,22-23H2,1-2H3,(H,38,42)/t24-,32+/m0/s1. The van der Waals surface area contributed by atoms with Crippen LogP contribution in [0.5, 0.6) is 0 Å². The molecule has 0 aliphatic rings. The molecule has 4 aromatic rings. The van der Waals surface area contributed by atoms with Gasteiger partial charge in [-0.05, 0) is 66.9 Å². The van der Waals surface area contributed by atoms with Gasteiger partial charge in [0.25, 0.3) is 10.0 Å². The van der Waals surface area contributed by atoms with E-state index >= 15 is 0 Å². The van der Waals surface area contributed by atoms with Crippen molar-refractivity contribution >= 4 is 50.7 Å². The van der Waals surface area contributed by atoms with Crippen LogP contribution in [0.25, 0.3) is 0 Å². The van der Waals surface area contributed by atoms with Gasteiger partial charge in [-0.1, -0.05) is 90.8 Å². The summed E-state index contributed by atoms with van der Waals surface area (Å²) in [5.74, 6) is -1.51. The summed E-state index contributed by atoms with van der Waals surface area (Å²) in [6.45, 7) is 3.04. The number of halogens is 3. The lowest BCUT2D eigenvalue weighted by atomic mass is 10.0. The maximum Gasteiger partial charge on any atom is 0.264 e. The Morgan fingerprint density at radius 3 is 2.00 bits per heavy atom. The van der Waals surface area contributed by atoms with E-state index in [2.05, 4.69) is 5.32 Å². The summed E-state index contributed by atoms with van der Waals surface area (Å²) in [5, 5.41) is 3.33. The summed E-state index contributed by atoms with van der Waals surface area (Å²) in [7, 11) is -4.30. The zero-order valence-corrected chi connectivity index (χ0v) is 27.2. The molecule has 236 valence electrons. The van der Waals surface area contributed by atoms with Crippen LogP contribution in [-0.4, -0.2) is 43.8 Å². The van der Waals surface area contributed by atoms with Gasteiger partial charge in [0, 0.05) is 29.1 Å². The number of hydrogen-bond acceptors (Lipinski definition) is 4. The number of amides is 2. The van der Waals surface area contributed by atoms with Crippen molar-refractivity contribution in [3.8, 4) is 0 Å². The van der Waals surface area contributed by atoms with E-state index in [9.17, 15) is 22.4 Å². The zero-order chi connectivity index (χ0) is 32.6. The minimum absolute atomic E-state index is 0.0469. The topological polar surface area (TPSA) is 86.8 Å². The Hall–Kier alpha value is -3.92. The largest absolute Gasteiger partial charge is 0.352 e. The molecule has 0 fully saturated rings. The quantitative estimate of drug-likeness (QED) is 0.168. The Kier molecular flexibility index (Phi) is 11.6. The molecule has 0 saturated carbocycles. The lowest BCUT2D eigenvalue weighted by molar-refractivity contribution is -0.140. The maximum atomic E-state index is 14.4. The van der Waals surface area contributed by atoms with Crippen LogP contribution in [-0.2, 0) is 32.6 Å². The molecule has 4 aromatic carbocycles. The second-order valence-corrected chi connectivity index (χ2v) is 13.4. The number of carbonyl (C=O) groups is 2. The summed E-state index contributed by atoms with van der Waals surface area (Å²) in [5.41, 5.74) is 1.44. The van der Waals surface area contributed by atoms with Crippen molar-refractivity contribution in [2.45, 2.75) is 50.2 Å². The summed E-state index contributed by atoms with van der Waals surface area (Å²) in [6.07, 6.45) is 0.818. The van der Waals surface area contributed by atoms with Gasteiger partial charge in [0.05, 0.1) is 10.6 Å². The number of anilines is 1. The Bertz CT molecular complexity index is 1690. The highest BCUT2D eigenvalue weighted by molar-refractivity contribution is 7.92. The lowest BCUT2D eigenvalue weighted by Gasteiger charge is -2.34. The van der Waals surface area contributed by atoms with Crippen molar-refractivity contribution in [3.05, 3.63) is 130 Å². The molecule has 0 radical (unpaired) electrons. The molecule has 0 unspecified atom stereocenters. The van der Waals surface area contributed by atoms with Crippen LogP contribution < -0.4 is 9.62 Å². The van der Waals surface area contributed by atoms with E-state index in [1.165, 1.54) is 59.5 Å². The average molecular weight is 671 g/mol. The Morgan fingerprint density at radius 1 is 0.844 bits per heavy atom. The highest BCUT2D eigenvalue weighted by atomic mass is 35.5. The molecule has 0 spiro atoms. The normalized spacial score (nSPS) is 12.6. The monoisotopic (exact) mass is 669 g/mol. The van der Waals surface area contributed by atoms with Crippen molar-refractivity contribution in [2.75, 3.05) is 10.8 Å². The number of carbonyl (C=O) groups excluding carboxylic acids is 2. The van der Waals surface area contributed by atoms with Gasteiger partial charge in [0.15, 0.2) is 0 Å². The summed E-state index contributed by atoms with van der Waals surface area (Å²) >= 11 is 12.5. The number of sulfonamides is 1. The van der Waals surface area contributed by atoms with Gasteiger partial charge in [-0.3, -0.25) is 13.9 Å². The molecule has 0 aromatic heterocycles. The fourth-order valence-electron chi connectivity index (χ4n) is 4.71. The molecular formula is C34H34Cl2FN3O4S. The van der Waals surface area contributed by atoms with E-state index in [1.807, 2.05) is 44.2 Å². The zero-order valence-electron chi connectivity index (χ0n) is 24.9.